The van der Waals surface area contributed by atoms with Gasteiger partial charge < -0.3 is 10.6 Å². The quantitative estimate of drug-likeness (QED) is 0.806. The monoisotopic (exact) mass is 308 g/mol. The summed E-state index contributed by atoms with van der Waals surface area (Å²) in [5, 5.41) is 0. The summed E-state index contributed by atoms with van der Waals surface area (Å²) in [4.78, 5) is 2.37. The maximum absolute atomic E-state index is 13.8. The Labute approximate surface area is 132 Å². The number of nitrogens with two attached hydrogens (primary N) is 1. The second-order valence-corrected chi connectivity index (χ2v) is 6.45. The first-order chi connectivity index (χ1) is 10.5. The van der Waals surface area contributed by atoms with Crippen LogP contribution >= 0.6 is 0 Å². The number of nitrogens with zero attached hydrogens (tertiary/aromatic N) is 1. The summed E-state index contributed by atoms with van der Waals surface area (Å²) in [7, 11) is 2.17. The minimum atomic E-state index is -0.613. The molecule has 1 aromatic rings. The van der Waals surface area contributed by atoms with E-state index in [-0.39, 0.29) is 11.3 Å². The molecule has 4 heteroatoms. The van der Waals surface area contributed by atoms with Crippen molar-refractivity contribution in [3.05, 3.63) is 41.5 Å². The highest BCUT2D eigenvalue weighted by Crippen LogP contribution is 2.24. The van der Waals surface area contributed by atoms with Crippen molar-refractivity contribution >= 4 is 5.70 Å². The highest BCUT2D eigenvalue weighted by Gasteiger charge is 2.16. The molecule has 22 heavy (non-hydrogen) atoms. The average Bonchev–Trinajstić information content (AvgIpc) is 2.44. The number of unbranched alkanes of at least 4 members (excludes halogenated alkanes) is 1. The van der Waals surface area contributed by atoms with Crippen molar-refractivity contribution in [2.24, 2.45) is 11.7 Å². The van der Waals surface area contributed by atoms with Crippen molar-refractivity contribution in [1.29, 1.82) is 0 Å². The summed E-state index contributed by atoms with van der Waals surface area (Å²) >= 11 is 0. The highest BCUT2D eigenvalue weighted by molar-refractivity contribution is 5.61. The van der Waals surface area contributed by atoms with Crippen molar-refractivity contribution in [3.63, 3.8) is 0 Å². The van der Waals surface area contributed by atoms with E-state index >= 15 is 0 Å². The molecule has 2 N–H and O–H groups in total. The van der Waals surface area contributed by atoms with Crippen LogP contribution < -0.4 is 5.73 Å². The molecule has 1 aliphatic rings. The van der Waals surface area contributed by atoms with Crippen LogP contribution in [-0.2, 0) is 6.42 Å². The fourth-order valence-electron chi connectivity index (χ4n) is 3.19. The molecule has 0 radical (unpaired) electrons. The minimum absolute atomic E-state index is 0.0659. The molecule has 1 aliphatic heterocycles. The van der Waals surface area contributed by atoms with Crippen LogP contribution in [0.1, 0.15) is 43.2 Å². The zero-order chi connectivity index (χ0) is 16.1. The van der Waals surface area contributed by atoms with Crippen LogP contribution in [0, 0.1) is 17.6 Å². The van der Waals surface area contributed by atoms with E-state index in [0.29, 0.717) is 12.0 Å². The Balaban J connectivity index is 1.79. The van der Waals surface area contributed by atoms with Gasteiger partial charge in [0.15, 0.2) is 0 Å². The first-order valence-corrected chi connectivity index (χ1v) is 8.08. The number of likely N-dealkylation sites (tertiary alicyclic amines) is 1. The zero-order valence-electron chi connectivity index (χ0n) is 13.4. The van der Waals surface area contributed by atoms with E-state index < -0.39 is 11.6 Å². The lowest BCUT2D eigenvalue weighted by Crippen LogP contribution is -2.30. The van der Waals surface area contributed by atoms with Crippen LogP contribution in [0.25, 0.3) is 5.70 Å². The normalized spacial score (nSPS) is 16.9. The van der Waals surface area contributed by atoms with Crippen molar-refractivity contribution < 1.29 is 8.78 Å². The first-order valence-electron chi connectivity index (χ1n) is 8.08. The van der Waals surface area contributed by atoms with E-state index in [9.17, 15) is 8.78 Å². The number of halogens is 2. The molecule has 0 bridgehead atoms. The lowest BCUT2D eigenvalue weighted by Gasteiger charge is -2.28. The third-order valence-electron chi connectivity index (χ3n) is 4.59. The third-order valence-corrected chi connectivity index (χ3v) is 4.59. The zero-order valence-corrected chi connectivity index (χ0v) is 13.4. The fourth-order valence-corrected chi connectivity index (χ4v) is 3.19. The number of rotatable bonds is 6. The molecule has 1 saturated heterocycles. The van der Waals surface area contributed by atoms with Crippen LogP contribution in [0.15, 0.2) is 18.7 Å². The van der Waals surface area contributed by atoms with Gasteiger partial charge in [-0.05, 0) is 69.4 Å². The Kier molecular flexibility index (Phi) is 5.95. The maximum atomic E-state index is 13.8. The summed E-state index contributed by atoms with van der Waals surface area (Å²) in [6, 6.07) is 2.76. The van der Waals surface area contributed by atoms with E-state index in [1.165, 1.54) is 44.5 Å². The molecule has 2 rings (SSSR count). The van der Waals surface area contributed by atoms with Crippen LogP contribution in [0.3, 0.4) is 0 Å². The van der Waals surface area contributed by atoms with Gasteiger partial charge in [0.1, 0.15) is 11.6 Å². The summed E-state index contributed by atoms with van der Waals surface area (Å²) in [5.74, 6) is -0.414. The predicted molar refractivity (Wildman–Crippen MR) is 87.4 cm³/mol. The average molecular weight is 308 g/mol. The third kappa shape index (κ3) is 4.54. The summed E-state index contributed by atoms with van der Waals surface area (Å²) in [6.45, 7) is 5.78. The number of benzene rings is 1. The second-order valence-electron chi connectivity index (χ2n) is 6.45. The molecule has 0 atom stereocenters. The van der Waals surface area contributed by atoms with Crippen LogP contribution in [0.2, 0.25) is 0 Å². The van der Waals surface area contributed by atoms with Gasteiger partial charge in [-0.3, -0.25) is 0 Å². The Hall–Kier alpha value is -1.42. The van der Waals surface area contributed by atoms with E-state index in [0.717, 1.165) is 18.8 Å². The molecule has 1 fully saturated rings. The molecule has 0 aromatic heterocycles. The Morgan fingerprint density at radius 1 is 1.23 bits per heavy atom. The van der Waals surface area contributed by atoms with Gasteiger partial charge >= 0.3 is 0 Å². The van der Waals surface area contributed by atoms with Crippen molar-refractivity contribution in [2.45, 2.75) is 38.5 Å². The van der Waals surface area contributed by atoms with Crippen LogP contribution in [-0.4, -0.2) is 25.0 Å². The van der Waals surface area contributed by atoms with Gasteiger partial charge in [0.25, 0.3) is 0 Å². The van der Waals surface area contributed by atoms with Gasteiger partial charge in [-0.2, -0.15) is 0 Å². The molecule has 0 saturated carbocycles. The van der Waals surface area contributed by atoms with Gasteiger partial charge in [-0.15, -0.1) is 0 Å². The Morgan fingerprint density at radius 2 is 1.82 bits per heavy atom. The molecule has 0 amide bonds. The van der Waals surface area contributed by atoms with Crippen molar-refractivity contribution in [1.82, 2.24) is 4.90 Å². The number of hydrogen-bond acceptors (Lipinski definition) is 2. The lowest BCUT2D eigenvalue weighted by atomic mass is 9.91. The molecule has 1 aromatic carbocycles. The van der Waals surface area contributed by atoms with Crippen LogP contribution in [0.4, 0.5) is 8.78 Å². The van der Waals surface area contributed by atoms with E-state index in [1.54, 1.807) is 0 Å². The summed E-state index contributed by atoms with van der Waals surface area (Å²) in [5.41, 5.74) is 5.83. The molecular weight excluding hydrogens is 282 g/mol. The predicted octanol–water partition coefficient (Wildman–Crippen LogP) is 3.95. The number of hydrogen-bond donors (Lipinski definition) is 1. The topological polar surface area (TPSA) is 29.3 Å². The van der Waals surface area contributed by atoms with Crippen molar-refractivity contribution in [3.8, 4) is 0 Å². The highest BCUT2D eigenvalue weighted by atomic mass is 19.1. The van der Waals surface area contributed by atoms with Gasteiger partial charge in [-0.25, -0.2) is 8.78 Å². The van der Waals surface area contributed by atoms with E-state index in [4.69, 9.17) is 5.73 Å². The van der Waals surface area contributed by atoms with Crippen molar-refractivity contribution in [2.75, 3.05) is 20.1 Å². The van der Waals surface area contributed by atoms with Gasteiger partial charge in [-0.1, -0.05) is 19.4 Å². The molecule has 1 heterocycles. The summed E-state index contributed by atoms with van der Waals surface area (Å²) in [6.07, 6.45) is 6.55. The number of aryl methyl sites for hydroxylation is 1. The SMILES string of the molecule is C=C(N)c1c(F)cc(CCCCC2CCN(C)CC2)cc1F. The van der Waals surface area contributed by atoms with Gasteiger partial charge in [0.05, 0.1) is 5.56 Å². The van der Waals surface area contributed by atoms with Crippen LogP contribution in [0.5, 0.6) is 0 Å². The Morgan fingerprint density at radius 3 is 2.36 bits per heavy atom. The Bertz CT molecular complexity index is 497. The molecular formula is C18H26F2N2. The fraction of sp³-hybridized carbons (Fsp3) is 0.556. The molecule has 0 spiro atoms. The van der Waals surface area contributed by atoms with E-state index in [2.05, 4.69) is 18.5 Å². The molecule has 2 nitrogen and oxygen atoms in total. The second kappa shape index (κ2) is 7.73. The molecule has 122 valence electrons. The lowest BCUT2D eigenvalue weighted by molar-refractivity contribution is 0.210. The maximum Gasteiger partial charge on any atom is 0.135 e. The first kappa shape index (κ1) is 16.9. The number of piperidine rings is 1. The van der Waals surface area contributed by atoms with Gasteiger partial charge in [0.2, 0.25) is 0 Å². The van der Waals surface area contributed by atoms with E-state index in [1.807, 2.05) is 0 Å². The molecule has 0 aliphatic carbocycles. The smallest absolute Gasteiger partial charge is 0.135 e. The summed E-state index contributed by atoms with van der Waals surface area (Å²) < 4.78 is 27.6. The standard InChI is InChI=1S/C18H26F2N2/c1-13(21)18-16(19)11-15(12-17(18)20)6-4-3-5-14-7-9-22(2)10-8-14/h11-12,14H,1,3-10,21H2,2H3. The largest absolute Gasteiger partial charge is 0.399 e. The van der Waals surface area contributed by atoms with Gasteiger partial charge in [0, 0.05) is 5.70 Å². The molecule has 0 unspecified atom stereocenters. The minimum Gasteiger partial charge on any atom is -0.399 e.